The molecule has 3 heterocycles. The lowest BCUT2D eigenvalue weighted by Gasteiger charge is -2.28. The Morgan fingerprint density at radius 1 is 1.42 bits per heavy atom. The Bertz CT molecular complexity index is 840. The number of allylic oxidation sites excluding steroid dienone is 1. The predicted molar refractivity (Wildman–Crippen MR) is 90.8 cm³/mol. The molecule has 0 radical (unpaired) electrons. The van der Waals surface area contributed by atoms with Gasteiger partial charge in [-0.05, 0) is 37.5 Å². The van der Waals surface area contributed by atoms with Gasteiger partial charge in [0, 0.05) is 12.3 Å². The SMILES string of the molecule is CC1=C(C(=O)OC[C@H]2CCCO2)[C@@H](c2ccc(F)cc2)n2ncnc2N1. The molecule has 2 aliphatic rings. The smallest absolute Gasteiger partial charge is 0.338 e. The molecule has 2 aliphatic heterocycles. The van der Waals surface area contributed by atoms with Gasteiger partial charge in [0.1, 0.15) is 24.8 Å². The van der Waals surface area contributed by atoms with Gasteiger partial charge < -0.3 is 14.8 Å². The van der Waals surface area contributed by atoms with Crippen molar-refractivity contribution in [1.82, 2.24) is 14.8 Å². The zero-order chi connectivity index (χ0) is 18.1. The minimum atomic E-state index is -0.536. The van der Waals surface area contributed by atoms with Gasteiger partial charge in [-0.25, -0.2) is 13.9 Å². The van der Waals surface area contributed by atoms with E-state index in [4.69, 9.17) is 9.47 Å². The molecule has 0 amide bonds. The molecule has 2 aromatic rings. The van der Waals surface area contributed by atoms with E-state index in [0.29, 0.717) is 23.8 Å². The molecule has 2 atom stereocenters. The van der Waals surface area contributed by atoms with Crippen molar-refractivity contribution in [1.29, 1.82) is 0 Å². The summed E-state index contributed by atoms with van der Waals surface area (Å²) in [6.07, 6.45) is 3.22. The largest absolute Gasteiger partial charge is 0.459 e. The number of fused-ring (bicyclic) bond motifs is 1. The zero-order valence-electron chi connectivity index (χ0n) is 14.3. The van der Waals surface area contributed by atoms with Crippen LogP contribution >= 0.6 is 0 Å². The number of carbonyl (C=O) groups is 1. The zero-order valence-corrected chi connectivity index (χ0v) is 14.3. The topological polar surface area (TPSA) is 78.3 Å². The number of rotatable bonds is 4. The number of ether oxygens (including phenoxy) is 2. The lowest BCUT2D eigenvalue weighted by atomic mass is 9.96. The third kappa shape index (κ3) is 3.08. The van der Waals surface area contributed by atoms with Crippen molar-refractivity contribution in [3.8, 4) is 0 Å². The Labute approximate surface area is 149 Å². The van der Waals surface area contributed by atoms with Gasteiger partial charge in [0.2, 0.25) is 5.95 Å². The van der Waals surface area contributed by atoms with Gasteiger partial charge in [-0.3, -0.25) is 0 Å². The van der Waals surface area contributed by atoms with Crippen LogP contribution in [0, 0.1) is 5.82 Å². The van der Waals surface area contributed by atoms with Crippen LogP contribution < -0.4 is 5.32 Å². The first-order valence-electron chi connectivity index (χ1n) is 8.55. The van der Waals surface area contributed by atoms with Crippen LogP contribution in [0.2, 0.25) is 0 Å². The van der Waals surface area contributed by atoms with Crippen molar-refractivity contribution in [2.24, 2.45) is 0 Å². The number of nitrogens with zero attached hydrogens (tertiary/aromatic N) is 3. The molecule has 7 nitrogen and oxygen atoms in total. The molecule has 1 N–H and O–H groups in total. The van der Waals surface area contributed by atoms with Crippen molar-refractivity contribution >= 4 is 11.9 Å². The first-order chi connectivity index (χ1) is 12.6. The average molecular weight is 358 g/mol. The monoisotopic (exact) mass is 358 g/mol. The number of hydrogen-bond acceptors (Lipinski definition) is 6. The highest BCUT2D eigenvalue weighted by molar-refractivity contribution is 5.92. The minimum Gasteiger partial charge on any atom is -0.459 e. The van der Waals surface area contributed by atoms with Crippen LogP contribution in [-0.4, -0.2) is 40.1 Å². The summed E-state index contributed by atoms with van der Waals surface area (Å²) in [5.41, 5.74) is 1.79. The van der Waals surface area contributed by atoms with Crippen molar-refractivity contribution < 1.29 is 18.7 Å². The summed E-state index contributed by atoms with van der Waals surface area (Å²) in [6.45, 7) is 2.71. The second kappa shape index (κ2) is 6.87. The molecule has 8 heteroatoms. The number of halogens is 1. The maximum Gasteiger partial charge on any atom is 0.338 e. The van der Waals surface area contributed by atoms with Crippen molar-refractivity contribution in [3.05, 3.63) is 53.2 Å². The molecule has 1 fully saturated rings. The predicted octanol–water partition coefficient (Wildman–Crippen LogP) is 2.43. The molecular weight excluding hydrogens is 339 g/mol. The summed E-state index contributed by atoms with van der Waals surface area (Å²) < 4.78 is 26.0. The average Bonchev–Trinajstić information content (AvgIpc) is 3.30. The highest BCUT2D eigenvalue weighted by Crippen LogP contribution is 2.35. The highest BCUT2D eigenvalue weighted by Gasteiger charge is 2.34. The fourth-order valence-corrected chi connectivity index (χ4v) is 3.33. The number of carbonyl (C=O) groups excluding carboxylic acids is 1. The van der Waals surface area contributed by atoms with Crippen LogP contribution in [0.3, 0.4) is 0 Å². The standard InChI is InChI=1S/C18H19FN4O3/c1-11-15(17(24)26-9-14-3-2-8-25-14)16(12-4-6-13(19)7-5-12)23-18(22-11)20-10-21-23/h4-7,10,14,16H,2-3,8-9H2,1H3,(H,20,21,22)/t14-,16-/m1/s1. The summed E-state index contributed by atoms with van der Waals surface area (Å²) in [6, 6.07) is 5.46. The Hall–Kier alpha value is -2.74. The van der Waals surface area contributed by atoms with Crippen LogP contribution in [-0.2, 0) is 14.3 Å². The fraction of sp³-hybridized carbons (Fsp3) is 0.389. The van der Waals surface area contributed by atoms with Crippen molar-refractivity contribution in [2.45, 2.75) is 31.9 Å². The van der Waals surface area contributed by atoms with E-state index >= 15 is 0 Å². The van der Waals surface area contributed by atoms with Crippen LogP contribution in [0.5, 0.6) is 0 Å². The van der Waals surface area contributed by atoms with E-state index < -0.39 is 12.0 Å². The molecule has 0 spiro atoms. The van der Waals surface area contributed by atoms with E-state index in [0.717, 1.165) is 18.4 Å². The summed E-state index contributed by atoms with van der Waals surface area (Å²) in [7, 11) is 0. The molecule has 4 rings (SSSR count). The summed E-state index contributed by atoms with van der Waals surface area (Å²) in [5.74, 6) is -0.266. The van der Waals surface area contributed by atoms with Gasteiger partial charge >= 0.3 is 5.97 Å². The number of anilines is 1. The normalized spacial score (nSPS) is 22.1. The third-order valence-corrected chi connectivity index (χ3v) is 4.62. The molecule has 1 saturated heterocycles. The first kappa shape index (κ1) is 16.7. The molecule has 0 aliphatic carbocycles. The molecular formula is C18H19FN4O3. The molecule has 0 unspecified atom stereocenters. The lowest BCUT2D eigenvalue weighted by molar-refractivity contribution is -0.142. The molecule has 0 bridgehead atoms. The number of benzene rings is 1. The van der Waals surface area contributed by atoms with E-state index in [-0.39, 0.29) is 18.5 Å². The Morgan fingerprint density at radius 2 is 2.23 bits per heavy atom. The summed E-state index contributed by atoms with van der Waals surface area (Å²) in [5, 5.41) is 7.30. The van der Waals surface area contributed by atoms with Gasteiger partial charge in [-0.1, -0.05) is 12.1 Å². The van der Waals surface area contributed by atoms with Crippen molar-refractivity contribution in [2.75, 3.05) is 18.5 Å². The van der Waals surface area contributed by atoms with Gasteiger partial charge in [-0.15, -0.1) is 0 Å². The molecule has 1 aromatic heterocycles. The van der Waals surface area contributed by atoms with Crippen LogP contribution in [0.15, 0.2) is 41.9 Å². The van der Waals surface area contributed by atoms with Gasteiger partial charge in [-0.2, -0.15) is 10.1 Å². The lowest BCUT2D eigenvalue weighted by Crippen LogP contribution is -2.30. The van der Waals surface area contributed by atoms with Gasteiger partial charge in [0.25, 0.3) is 0 Å². The highest BCUT2D eigenvalue weighted by atomic mass is 19.1. The molecule has 1 aromatic carbocycles. The Balaban J connectivity index is 1.65. The number of aromatic nitrogens is 3. The minimum absolute atomic E-state index is 0.0531. The molecule has 136 valence electrons. The van der Waals surface area contributed by atoms with E-state index in [1.54, 1.807) is 23.7 Å². The maximum atomic E-state index is 13.4. The van der Waals surface area contributed by atoms with E-state index in [2.05, 4.69) is 15.4 Å². The maximum absolute atomic E-state index is 13.4. The summed E-state index contributed by atoms with van der Waals surface area (Å²) >= 11 is 0. The van der Waals surface area contributed by atoms with Crippen LogP contribution in [0.1, 0.15) is 31.4 Å². The quantitative estimate of drug-likeness (QED) is 0.846. The molecule has 26 heavy (non-hydrogen) atoms. The summed E-state index contributed by atoms with van der Waals surface area (Å²) in [4.78, 5) is 17.0. The van der Waals surface area contributed by atoms with E-state index in [9.17, 15) is 9.18 Å². The van der Waals surface area contributed by atoms with E-state index in [1.165, 1.54) is 18.5 Å². The van der Waals surface area contributed by atoms with Gasteiger partial charge in [0.05, 0.1) is 11.7 Å². The van der Waals surface area contributed by atoms with Crippen LogP contribution in [0.4, 0.5) is 10.3 Å². The first-order valence-corrected chi connectivity index (χ1v) is 8.55. The van der Waals surface area contributed by atoms with Crippen molar-refractivity contribution in [3.63, 3.8) is 0 Å². The van der Waals surface area contributed by atoms with E-state index in [1.807, 2.05) is 0 Å². The number of hydrogen-bond donors (Lipinski definition) is 1. The Morgan fingerprint density at radius 3 is 2.96 bits per heavy atom. The van der Waals surface area contributed by atoms with Gasteiger partial charge in [0.15, 0.2) is 0 Å². The third-order valence-electron chi connectivity index (χ3n) is 4.62. The fourth-order valence-electron chi connectivity index (χ4n) is 3.33. The van der Waals surface area contributed by atoms with Crippen LogP contribution in [0.25, 0.3) is 0 Å². The Kier molecular flexibility index (Phi) is 4.42. The number of esters is 1. The number of nitrogens with one attached hydrogen (secondary N) is 1. The second-order valence-electron chi connectivity index (χ2n) is 6.38. The molecule has 0 saturated carbocycles. The second-order valence-corrected chi connectivity index (χ2v) is 6.38.